The number of imide groups is 1. The van der Waals surface area contributed by atoms with E-state index in [0.717, 1.165) is 19.4 Å². The van der Waals surface area contributed by atoms with Crippen molar-refractivity contribution in [2.24, 2.45) is 11.7 Å². The molecule has 1 heterocycles. The number of carbonyl (C=O) groups is 2. The van der Waals surface area contributed by atoms with Crippen LogP contribution in [-0.4, -0.2) is 49.1 Å². The Bertz CT molecular complexity index is 301. The quantitative estimate of drug-likeness (QED) is 0.696. The first-order valence-electron chi connectivity index (χ1n) is 6.60. The first kappa shape index (κ1) is 18.1. The lowest BCUT2D eigenvalue weighted by Gasteiger charge is -2.38. The summed E-state index contributed by atoms with van der Waals surface area (Å²) in [5, 5.41) is 4.85. The predicted molar refractivity (Wildman–Crippen MR) is 77.3 cm³/mol. The number of nitrogens with two attached hydrogens (primary N) is 1. The van der Waals surface area contributed by atoms with Gasteiger partial charge in [-0.3, -0.25) is 15.0 Å². The number of hydrogen-bond donors (Lipinski definition) is 3. The fourth-order valence-electron chi connectivity index (χ4n) is 2.47. The lowest BCUT2D eigenvalue weighted by Crippen LogP contribution is -2.53. The summed E-state index contributed by atoms with van der Waals surface area (Å²) >= 11 is 0. The minimum Gasteiger partial charge on any atom is -0.338 e. The molecule has 0 radical (unpaired) electrons. The molecular formula is C12H25ClN4O2. The second-order valence-corrected chi connectivity index (χ2v) is 4.80. The number of hydrogen-bond acceptors (Lipinski definition) is 4. The molecule has 2 atom stereocenters. The number of nitrogens with one attached hydrogen (secondary N) is 2. The molecule has 3 amide bonds. The molecule has 1 rings (SSSR count). The second-order valence-electron chi connectivity index (χ2n) is 4.80. The van der Waals surface area contributed by atoms with Gasteiger partial charge in [0.25, 0.3) is 0 Å². The van der Waals surface area contributed by atoms with E-state index in [1.807, 2.05) is 0 Å². The Morgan fingerprint density at radius 1 is 1.42 bits per heavy atom. The molecule has 0 aromatic carbocycles. The summed E-state index contributed by atoms with van der Waals surface area (Å²) in [7, 11) is 0. The monoisotopic (exact) mass is 292 g/mol. The molecule has 7 heteroatoms. The molecule has 0 aliphatic carbocycles. The van der Waals surface area contributed by atoms with Gasteiger partial charge in [-0.2, -0.15) is 0 Å². The number of halogens is 1. The number of likely N-dealkylation sites (tertiary alicyclic amines) is 1. The smallest absolute Gasteiger partial charge is 0.321 e. The van der Waals surface area contributed by atoms with Gasteiger partial charge in [-0.1, -0.05) is 6.92 Å². The van der Waals surface area contributed by atoms with Crippen LogP contribution in [0.3, 0.4) is 0 Å². The van der Waals surface area contributed by atoms with Crippen LogP contribution >= 0.6 is 12.4 Å². The third-order valence-electron chi connectivity index (χ3n) is 3.41. The zero-order valence-corrected chi connectivity index (χ0v) is 12.5. The summed E-state index contributed by atoms with van der Waals surface area (Å²) in [6.07, 6.45) is 2.22. The summed E-state index contributed by atoms with van der Waals surface area (Å²) in [6, 6.07) is -0.199. The topological polar surface area (TPSA) is 87.5 Å². The van der Waals surface area contributed by atoms with E-state index in [1.165, 1.54) is 0 Å². The fraction of sp³-hybridized carbons (Fsp3) is 0.833. The third kappa shape index (κ3) is 5.76. The summed E-state index contributed by atoms with van der Waals surface area (Å²) in [6.45, 7) is 6.13. The van der Waals surface area contributed by atoms with Gasteiger partial charge in [-0.25, -0.2) is 4.79 Å². The van der Waals surface area contributed by atoms with E-state index in [9.17, 15) is 9.59 Å². The van der Waals surface area contributed by atoms with Gasteiger partial charge in [0.2, 0.25) is 5.91 Å². The molecular weight excluding hydrogens is 268 g/mol. The standard InChI is InChI=1S/C12H24N4O2.ClH/c1-3-14-12(18)15-11(17)8-16-6-4-5-9(2)10(16)7-13;/h9-10H,3-8,13H2,1-2H3,(H2,14,15,17,18);1H. The normalized spacial score (nSPS) is 23.3. The van der Waals surface area contributed by atoms with Crippen LogP contribution in [0.4, 0.5) is 4.79 Å². The highest BCUT2D eigenvalue weighted by Crippen LogP contribution is 2.21. The maximum Gasteiger partial charge on any atom is 0.321 e. The fourth-order valence-corrected chi connectivity index (χ4v) is 2.47. The average Bonchev–Trinajstić information content (AvgIpc) is 2.29. The largest absolute Gasteiger partial charge is 0.338 e. The predicted octanol–water partition coefficient (Wildman–Crippen LogP) is 0.313. The van der Waals surface area contributed by atoms with Crippen LogP contribution in [0, 0.1) is 5.92 Å². The highest BCUT2D eigenvalue weighted by atomic mass is 35.5. The highest BCUT2D eigenvalue weighted by Gasteiger charge is 2.28. The zero-order chi connectivity index (χ0) is 13.5. The number of rotatable bonds is 4. The molecule has 0 aromatic rings. The average molecular weight is 293 g/mol. The Morgan fingerprint density at radius 2 is 2.11 bits per heavy atom. The Morgan fingerprint density at radius 3 is 2.68 bits per heavy atom. The van der Waals surface area contributed by atoms with Crippen LogP contribution in [0.15, 0.2) is 0 Å². The maximum atomic E-state index is 11.7. The van der Waals surface area contributed by atoms with Crippen LogP contribution < -0.4 is 16.4 Å². The maximum absolute atomic E-state index is 11.7. The lowest BCUT2D eigenvalue weighted by atomic mass is 9.91. The zero-order valence-electron chi connectivity index (χ0n) is 11.6. The van der Waals surface area contributed by atoms with Gasteiger partial charge in [0.1, 0.15) is 0 Å². The van der Waals surface area contributed by atoms with Gasteiger partial charge in [-0.05, 0) is 32.2 Å². The van der Waals surface area contributed by atoms with Crippen molar-refractivity contribution in [1.82, 2.24) is 15.5 Å². The SMILES string of the molecule is CCNC(=O)NC(=O)CN1CCCC(C)C1CN.Cl. The Kier molecular flexibility index (Phi) is 8.71. The Hall–Kier alpha value is -0.850. The van der Waals surface area contributed by atoms with Gasteiger partial charge < -0.3 is 11.1 Å². The molecule has 1 saturated heterocycles. The van der Waals surface area contributed by atoms with Crippen molar-refractivity contribution < 1.29 is 9.59 Å². The van der Waals surface area contributed by atoms with E-state index in [1.54, 1.807) is 6.92 Å². The van der Waals surface area contributed by atoms with Gasteiger partial charge >= 0.3 is 6.03 Å². The van der Waals surface area contributed by atoms with E-state index >= 15 is 0 Å². The molecule has 0 bridgehead atoms. The van der Waals surface area contributed by atoms with Crippen LogP contribution in [0.1, 0.15) is 26.7 Å². The van der Waals surface area contributed by atoms with Gasteiger partial charge in [0.15, 0.2) is 0 Å². The van der Waals surface area contributed by atoms with E-state index in [2.05, 4.69) is 22.5 Å². The van der Waals surface area contributed by atoms with Crippen LogP contribution in [-0.2, 0) is 4.79 Å². The Labute approximate surface area is 120 Å². The van der Waals surface area contributed by atoms with Crippen molar-refractivity contribution >= 4 is 24.3 Å². The van der Waals surface area contributed by atoms with Crippen LogP contribution in [0.5, 0.6) is 0 Å². The first-order chi connectivity index (χ1) is 8.58. The van der Waals surface area contributed by atoms with Crippen molar-refractivity contribution in [3.8, 4) is 0 Å². The van der Waals surface area contributed by atoms with Crippen molar-refractivity contribution in [2.45, 2.75) is 32.7 Å². The van der Waals surface area contributed by atoms with E-state index in [4.69, 9.17) is 5.73 Å². The van der Waals surface area contributed by atoms with E-state index in [-0.39, 0.29) is 30.9 Å². The minimum atomic E-state index is -0.433. The van der Waals surface area contributed by atoms with Crippen molar-refractivity contribution in [3.05, 3.63) is 0 Å². The van der Waals surface area contributed by atoms with Crippen molar-refractivity contribution in [1.29, 1.82) is 0 Å². The highest BCUT2D eigenvalue weighted by molar-refractivity contribution is 5.95. The van der Waals surface area contributed by atoms with E-state index in [0.29, 0.717) is 19.0 Å². The molecule has 1 aliphatic rings. The van der Waals surface area contributed by atoms with Gasteiger partial charge in [0, 0.05) is 19.1 Å². The molecule has 6 nitrogen and oxygen atoms in total. The summed E-state index contributed by atoms with van der Waals surface area (Å²) in [4.78, 5) is 25.0. The number of carbonyl (C=O) groups excluding carboxylic acids is 2. The van der Waals surface area contributed by atoms with Crippen LogP contribution in [0.25, 0.3) is 0 Å². The molecule has 1 fully saturated rings. The molecule has 4 N–H and O–H groups in total. The summed E-state index contributed by atoms with van der Waals surface area (Å²) in [5.41, 5.74) is 5.76. The van der Waals surface area contributed by atoms with Crippen molar-refractivity contribution in [3.63, 3.8) is 0 Å². The van der Waals surface area contributed by atoms with Crippen LogP contribution in [0.2, 0.25) is 0 Å². The molecule has 19 heavy (non-hydrogen) atoms. The summed E-state index contributed by atoms with van der Waals surface area (Å²) in [5.74, 6) is 0.231. The van der Waals surface area contributed by atoms with Crippen molar-refractivity contribution in [2.75, 3.05) is 26.2 Å². The number of piperidine rings is 1. The molecule has 1 aliphatic heterocycles. The molecule has 112 valence electrons. The first-order valence-corrected chi connectivity index (χ1v) is 6.60. The van der Waals surface area contributed by atoms with Gasteiger partial charge in [-0.15, -0.1) is 12.4 Å². The molecule has 2 unspecified atom stereocenters. The minimum absolute atomic E-state index is 0. The summed E-state index contributed by atoms with van der Waals surface area (Å²) < 4.78 is 0. The van der Waals surface area contributed by atoms with Gasteiger partial charge in [0.05, 0.1) is 6.54 Å². The molecule has 0 saturated carbocycles. The Balaban J connectivity index is 0.00000324. The molecule has 0 aromatic heterocycles. The van der Waals surface area contributed by atoms with E-state index < -0.39 is 6.03 Å². The lowest BCUT2D eigenvalue weighted by molar-refractivity contribution is -0.122. The third-order valence-corrected chi connectivity index (χ3v) is 3.41. The molecule has 0 spiro atoms. The number of amides is 3. The second kappa shape index (κ2) is 9.12. The number of nitrogens with zero attached hydrogens (tertiary/aromatic N) is 1. The number of urea groups is 1.